The third-order valence-corrected chi connectivity index (χ3v) is 3.49. The lowest BCUT2D eigenvalue weighted by Gasteiger charge is -2.33. The van der Waals surface area contributed by atoms with Crippen LogP contribution in [-0.4, -0.2) is 47.3 Å². The first-order valence-electron chi connectivity index (χ1n) is 6.21. The van der Waals surface area contributed by atoms with Crippen molar-refractivity contribution < 1.29 is 9.84 Å². The first kappa shape index (κ1) is 15.9. The number of benzene rings is 1. The summed E-state index contributed by atoms with van der Waals surface area (Å²) in [6.07, 6.45) is 0. The zero-order valence-corrected chi connectivity index (χ0v) is 12.5. The summed E-state index contributed by atoms with van der Waals surface area (Å²) in [5, 5.41) is 9.26. The van der Waals surface area contributed by atoms with Crippen LogP contribution in [0.3, 0.4) is 0 Å². The number of thiocarbonyl (C=S) groups is 1. The topological polar surface area (TPSA) is 58.7 Å². The molecule has 0 aliphatic heterocycles. The lowest BCUT2D eigenvalue weighted by Crippen LogP contribution is -2.45. The molecule has 0 bridgehead atoms. The molecule has 1 aromatic carbocycles. The molecular formula is C14H22N2O2S. The Kier molecular flexibility index (Phi) is 5.72. The van der Waals surface area contributed by atoms with E-state index in [1.807, 2.05) is 45.2 Å². The Balaban J connectivity index is 2.43. The second-order valence-corrected chi connectivity index (χ2v) is 5.57. The van der Waals surface area contributed by atoms with Gasteiger partial charge in [-0.2, -0.15) is 0 Å². The molecule has 0 heterocycles. The van der Waals surface area contributed by atoms with E-state index in [0.717, 1.165) is 17.9 Å². The fraction of sp³-hybridized carbons (Fsp3) is 0.500. The highest BCUT2D eigenvalue weighted by atomic mass is 32.1. The summed E-state index contributed by atoms with van der Waals surface area (Å²) in [5.41, 5.74) is 6.12. The molecule has 5 heteroatoms. The van der Waals surface area contributed by atoms with E-state index in [2.05, 4.69) is 4.90 Å². The van der Waals surface area contributed by atoms with Crippen LogP contribution in [0.25, 0.3) is 0 Å². The van der Waals surface area contributed by atoms with Gasteiger partial charge in [-0.25, -0.2) is 0 Å². The van der Waals surface area contributed by atoms with Crippen LogP contribution >= 0.6 is 12.2 Å². The van der Waals surface area contributed by atoms with Gasteiger partial charge in [0.25, 0.3) is 0 Å². The van der Waals surface area contributed by atoms with Gasteiger partial charge in [0.15, 0.2) is 0 Å². The van der Waals surface area contributed by atoms with Crippen molar-refractivity contribution in [2.24, 2.45) is 5.73 Å². The lowest BCUT2D eigenvalue weighted by molar-refractivity contribution is 0.0679. The number of ether oxygens (including phenoxy) is 1. The van der Waals surface area contributed by atoms with Crippen molar-refractivity contribution in [3.8, 4) is 5.75 Å². The maximum atomic E-state index is 9.26. The predicted octanol–water partition coefficient (Wildman–Crippen LogP) is 1.40. The highest BCUT2D eigenvalue weighted by Gasteiger charge is 2.21. The van der Waals surface area contributed by atoms with Crippen LogP contribution in [0.4, 0.5) is 0 Å². The number of nitrogens with zero attached hydrogens (tertiary/aromatic N) is 1. The third kappa shape index (κ3) is 4.78. The molecule has 0 amide bonds. The van der Waals surface area contributed by atoms with Crippen LogP contribution in [0.1, 0.15) is 19.4 Å². The Bertz CT molecular complexity index is 418. The average Bonchev–Trinajstić information content (AvgIpc) is 2.39. The molecule has 106 valence electrons. The van der Waals surface area contributed by atoms with Crippen LogP contribution in [0.5, 0.6) is 5.75 Å². The summed E-state index contributed by atoms with van der Waals surface area (Å²) in [4.78, 5) is 2.45. The van der Waals surface area contributed by atoms with Crippen LogP contribution in [0.2, 0.25) is 0 Å². The Hall–Kier alpha value is -1.17. The minimum atomic E-state index is -0.237. The zero-order valence-electron chi connectivity index (χ0n) is 11.7. The number of likely N-dealkylation sites (N-methyl/N-ethyl adjacent to an activating group) is 1. The van der Waals surface area contributed by atoms with Gasteiger partial charge in [0.05, 0.1) is 6.61 Å². The summed E-state index contributed by atoms with van der Waals surface area (Å²) >= 11 is 4.89. The predicted molar refractivity (Wildman–Crippen MR) is 81.6 cm³/mol. The van der Waals surface area contributed by atoms with E-state index in [1.165, 1.54) is 0 Å². The van der Waals surface area contributed by atoms with Crippen molar-refractivity contribution in [1.82, 2.24) is 4.90 Å². The van der Waals surface area contributed by atoms with Gasteiger partial charge in [-0.3, -0.25) is 4.90 Å². The molecule has 0 aromatic heterocycles. The summed E-state index contributed by atoms with van der Waals surface area (Å²) in [6.45, 7) is 5.40. The summed E-state index contributed by atoms with van der Waals surface area (Å²) in [7, 11) is 1.97. The molecular weight excluding hydrogens is 260 g/mol. The minimum Gasteiger partial charge on any atom is -0.492 e. The Morgan fingerprint density at radius 3 is 2.42 bits per heavy atom. The molecule has 0 atom stereocenters. The van der Waals surface area contributed by atoms with Gasteiger partial charge in [-0.15, -0.1) is 0 Å². The monoisotopic (exact) mass is 282 g/mol. The molecule has 0 saturated heterocycles. The standard InChI is InChI=1S/C14H22N2O2S/c1-14(2,10-17)16(3)8-9-18-12-6-4-11(5-7-12)13(15)19/h4-7,17H,8-10H2,1-3H3,(H2,15,19). The van der Waals surface area contributed by atoms with Gasteiger partial charge in [0.2, 0.25) is 0 Å². The molecule has 0 spiro atoms. The number of aliphatic hydroxyl groups excluding tert-OH is 1. The molecule has 0 saturated carbocycles. The van der Waals surface area contributed by atoms with E-state index in [-0.39, 0.29) is 12.1 Å². The molecule has 4 nitrogen and oxygen atoms in total. The minimum absolute atomic E-state index is 0.117. The van der Waals surface area contributed by atoms with Crippen LogP contribution < -0.4 is 10.5 Å². The fourth-order valence-corrected chi connectivity index (χ4v) is 1.58. The van der Waals surface area contributed by atoms with Crippen molar-refractivity contribution >= 4 is 17.2 Å². The second kappa shape index (κ2) is 6.84. The molecule has 1 aromatic rings. The Labute approximate surface area is 120 Å². The highest BCUT2D eigenvalue weighted by Crippen LogP contribution is 2.13. The van der Waals surface area contributed by atoms with Crippen LogP contribution in [0, 0.1) is 0 Å². The summed E-state index contributed by atoms with van der Waals surface area (Å²) in [6, 6.07) is 7.40. The largest absolute Gasteiger partial charge is 0.492 e. The number of hydrogen-bond donors (Lipinski definition) is 2. The van der Waals surface area contributed by atoms with Gasteiger partial charge in [-0.1, -0.05) is 12.2 Å². The first-order valence-corrected chi connectivity index (χ1v) is 6.62. The SMILES string of the molecule is CN(CCOc1ccc(C(N)=S)cc1)C(C)(C)CO. The molecule has 0 aliphatic rings. The van der Waals surface area contributed by atoms with E-state index in [9.17, 15) is 5.11 Å². The van der Waals surface area contributed by atoms with Crippen molar-refractivity contribution in [3.63, 3.8) is 0 Å². The van der Waals surface area contributed by atoms with Crippen LogP contribution in [0.15, 0.2) is 24.3 Å². The molecule has 0 aliphatic carbocycles. The smallest absolute Gasteiger partial charge is 0.119 e. The van der Waals surface area contributed by atoms with Crippen LogP contribution in [-0.2, 0) is 0 Å². The molecule has 0 fully saturated rings. The van der Waals surface area contributed by atoms with Gasteiger partial charge in [-0.05, 0) is 45.2 Å². The maximum absolute atomic E-state index is 9.26. The summed E-state index contributed by atoms with van der Waals surface area (Å²) in [5.74, 6) is 0.787. The van der Waals surface area contributed by atoms with E-state index in [0.29, 0.717) is 11.6 Å². The summed E-state index contributed by atoms with van der Waals surface area (Å²) < 4.78 is 5.64. The van der Waals surface area contributed by atoms with Gasteiger partial charge < -0.3 is 15.6 Å². The quantitative estimate of drug-likeness (QED) is 0.740. The number of nitrogens with two attached hydrogens (primary N) is 1. The molecule has 3 N–H and O–H groups in total. The van der Waals surface area contributed by atoms with E-state index >= 15 is 0 Å². The Morgan fingerprint density at radius 2 is 1.95 bits per heavy atom. The van der Waals surface area contributed by atoms with Gasteiger partial charge >= 0.3 is 0 Å². The lowest BCUT2D eigenvalue weighted by atomic mass is 10.1. The van der Waals surface area contributed by atoms with E-state index in [4.69, 9.17) is 22.7 Å². The fourth-order valence-electron chi connectivity index (χ4n) is 1.44. The van der Waals surface area contributed by atoms with Crippen molar-refractivity contribution in [1.29, 1.82) is 0 Å². The maximum Gasteiger partial charge on any atom is 0.119 e. The van der Waals surface area contributed by atoms with Crippen molar-refractivity contribution in [2.75, 3.05) is 26.8 Å². The normalized spacial score (nSPS) is 11.6. The van der Waals surface area contributed by atoms with Crippen molar-refractivity contribution in [2.45, 2.75) is 19.4 Å². The molecule has 0 unspecified atom stereocenters. The van der Waals surface area contributed by atoms with E-state index < -0.39 is 0 Å². The van der Waals surface area contributed by atoms with Crippen molar-refractivity contribution in [3.05, 3.63) is 29.8 Å². The molecule has 0 radical (unpaired) electrons. The number of aliphatic hydroxyl groups is 1. The highest BCUT2D eigenvalue weighted by molar-refractivity contribution is 7.80. The third-order valence-electron chi connectivity index (χ3n) is 3.25. The van der Waals surface area contributed by atoms with E-state index in [1.54, 1.807) is 0 Å². The second-order valence-electron chi connectivity index (χ2n) is 5.13. The first-order chi connectivity index (χ1) is 8.86. The number of rotatable bonds is 7. The Morgan fingerprint density at radius 1 is 1.37 bits per heavy atom. The average molecular weight is 282 g/mol. The van der Waals surface area contributed by atoms with Gasteiger partial charge in [0.1, 0.15) is 17.3 Å². The molecule has 1 rings (SSSR count). The van der Waals surface area contributed by atoms with Gasteiger partial charge in [0, 0.05) is 17.6 Å². The molecule has 19 heavy (non-hydrogen) atoms. The number of hydrogen-bond acceptors (Lipinski definition) is 4. The zero-order chi connectivity index (χ0) is 14.5.